The second-order valence-electron chi connectivity index (χ2n) is 4.95. The van der Waals surface area contributed by atoms with E-state index in [1.165, 1.54) is 12.2 Å². The Balaban J connectivity index is 2.82. The zero-order valence-corrected chi connectivity index (χ0v) is 12.4. The standard InChI is InChI=1S/C14H24O6/c1-5-7-10(15)20-13-12(17)11(16)9(4)19-14(13)18-8(3)6-2/h5,7-9,11-14,16-17H,6H2,1-4H3. The summed E-state index contributed by atoms with van der Waals surface area (Å²) in [5.74, 6) is -0.611. The molecule has 0 spiro atoms. The molecule has 0 aliphatic carbocycles. The molecule has 20 heavy (non-hydrogen) atoms. The average molecular weight is 288 g/mol. The van der Waals surface area contributed by atoms with E-state index in [0.29, 0.717) is 0 Å². The fourth-order valence-electron chi connectivity index (χ4n) is 1.87. The van der Waals surface area contributed by atoms with Crippen LogP contribution in [0.2, 0.25) is 0 Å². The van der Waals surface area contributed by atoms with Crippen LogP contribution in [0.4, 0.5) is 0 Å². The van der Waals surface area contributed by atoms with Gasteiger partial charge in [-0.15, -0.1) is 0 Å². The number of hydrogen-bond acceptors (Lipinski definition) is 6. The Morgan fingerprint density at radius 2 is 2.05 bits per heavy atom. The Morgan fingerprint density at radius 3 is 2.60 bits per heavy atom. The molecule has 0 saturated carbocycles. The van der Waals surface area contributed by atoms with E-state index in [-0.39, 0.29) is 6.10 Å². The summed E-state index contributed by atoms with van der Waals surface area (Å²) in [6, 6.07) is 0. The SMILES string of the molecule is CC=CC(=O)OC1C(OC(C)CC)OC(C)C(O)C1O. The maximum atomic E-state index is 11.5. The Hall–Kier alpha value is -0.950. The molecule has 6 heteroatoms. The third kappa shape index (κ3) is 4.28. The summed E-state index contributed by atoms with van der Waals surface area (Å²) < 4.78 is 16.3. The number of carbonyl (C=O) groups excluding carboxylic acids is 1. The number of aliphatic hydroxyl groups is 2. The van der Waals surface area contributed by atoms with E-state index in [0.717, 1.165) is 6.42 Å². The monoisotopic (exact) mass is 288 g/mol. The zero-order valence-electron chi connectivity index (χ0n) is 12.4. The van der Waals surface area contributed by atoms with E-state index >= 15 is 0 Å². The minimum atomic E-state index is -1.25. The van der Waals surface area contributed by atoms with E-state index in [4.69, 9.17) is 14.2 Å². The van der Waals surface area contributed by atoms with Crippen molar-refractivity contribution < 1.29 is 29.2 Å². The number of hydrogen-bond donors (Lipinski definition) is 2. The van der Waals surface area contributed by atoms with Crippen LogP contribution >= 0.6 is 0 Å². The number of carbonyl (C=O) groups is 1. The molecule has 0 aromatic carbocycles. The fraction of sp³-hybridized carbons (Fsp3) is 0.786. The van der Waals surface area contributed by atoms with Crippen molar-refractivity contribution in [2.45, 2.75) is 70.9 Å². The van der Waals surface area contributed by atoms with Gasteiger partial charge >= 0.3 is 5.97 Å². The van der Waals surface area contributed by atoms with Gasteiger partial charge < -0.3 is 24.4 Å². The molecule has 116 valence electrons. The highest BCUT2D eigenvalue weighted by Gasteiger charge is 2.46. The minimum absolute atomic E-state index is 0.113. The van der Waals surface area contributed by atoms with E-state index in [1.54, 1.807) is 13.8 Å². The second-order valence-corrected chi connectivity index (χ2v) is 4.95. The lowest BCUT2D eigenvalue weighted by molar-refractivity contribution is -0.305. The van der Waals surface area contributed by atoms with Gasteiger partial charge in [0.05, 0.1) is 12.2 Å². The summed E-state index contributed by atoms with van der Waals surface area (Å²) in [4.78, 5) is 11.5. The van der Waals surface area contributed by atoms with Crippen molar-refractivity contribution in [3.63, 3.8) is 0 Å². The number of ether oxygens (including phenoxy) is 3. The molecule has 0 radical (unpaired) electrons. The molecular weight excluding hydrogens is 264 g/mol. The Kier molecular flexibility index (Phi) is 6.61. The first-order valence-electron chi connectivity index (χ1n) is 6.91. The summed E-state index contributed by atoms with van der Waals surface area (Å²) in [5.41, 5.74) is 0. The lowest BCUT2D eigenvalue weighted by Gasteiger charge is -2.41. The smallest absolute Gasteiger partial charge is 0.330 e. The predicted octanol–water partition coefficient (Wildman–Crippen LogP) is 0.756. The van der Waals surface area contributed by atoms with Crippen LogP contribution in [0.1, 0.15) is 34.1 Å². The van der Waals surface area contributed by atoms with Crippen LogP contribution in [0.3, 0.4) is 0 Å². The average Bonchev–Trinajstić information content (AvgIpc) is 2.41. The number of esters is 1. The maximum absolute atomic E-state index is 11.5. The van der Waals surface area contributed by atoms with Crippen molar-refractivity contribution in [1.29, 1.82) is 0 Å². The first-order valence-corrected chi connectivity index (χ1v) is 6.91. The first kappa shape index (κ1) is 17.1. The fourth-order valence-corrected chi connectivity index (χ4v) is 1.87. The van der Waals surface area contributed by atoms with Gasteiger partial charge in [-0.2, -0.15) is 0 Å². The highest BCUT2D eigenvalue weighted by molar-refractivity contribution is 5.82. The Bertz CT molecular complexity index is 341. The summed E-state index contributed by atoms with van der Waals surface area (Å²) in [6.45, 7) is 7.11. The molecule has 6 unspecified atom stereocenters. The Labute approximate surface area is 119 Å². The van der Waals surface area contributed by atoms with Gasteiger partial charge in [0, 0.05) is 6.08 Å². The lowest BCUT2D eigenvalue weighted by atomic mass is 9.99. The number of aliphatic hydroxyl groups excluding tert-OH is 2. The summed E-state index contributed by atoms with van der Waals surface area (Å²) >= 11 is 0. The lowest BCUT2D eigenvalue weighted by Crippen LogP contribution is -2.59. The van der Waals surface area contributed by atoms with Crippen molar-refractivity contribution in [3.8, 4) is 0 Å². The van der Waals surface area contributed by atoms with E-state index in [9.17, 15) is 15.0 Å². The molecule has 0 bridgehead atoms. The van der Waals surface area contributed by atoms with E-state index in [2.05, 4.69) is 0 Å². The van der Waals surface area contributed by atoms with Gasteiger partial charge in [0.15, 0.2) is 12.4 Å². The van der Waals surface area contributed by atoms with Crippen molar-refractivity contribution >= 4 is 5.97 Å². The molecule has 6 nitrogen and oxygen atoms in total. The molecule has 2 N–H and O–H groups in total. The van der Waals surface area contributed by atoms with Crippen molar-refractivity contribution in [3.05, 3.63) is 12.2 Å². The molecule has 1 aliphatic rings. The van der Waals surface area contributed by atoms with Crippen LogP contribution in [0.5, 0.6) is 0 Å². The minimum Gasteiger partial charge on any atom is -0.451 e. The molecule has 0 aromatic rings. The van der Waals surface area contributed by atoms with Gasteiger partial charge in [-0.1, -0.05) is 13.0 Å². The van der Waals surface area contributed by atoms with Crippen molar-refractivity contribution in [2.24, 2.45) is 0 Å². The molecule has 1 rings (SSSR count). The molecule has 1 heterocycles. The second kappa shape index (κ2) is 7.73. The molecule has 1 fully saturated rings. The summed E-state index contributed by atoms with van der Waals surface area (Å²) in [5, 5.41) is 19.9. The van der Waals surface area contributed by atoms with Crippen LogP contribution in [0.25, 0.3) is 0 Å². The normalized spacial score (nSPS) is 36.0. The summed E-state index contributed by atoms with van der Waals surface area (Å²) in [7, 11) is 0. The van der Waals surface area contributed by atoms with Gasteiger partial charge in [-0.25, -0.2) is 4.79 Å². The Morgan fingerprint density at radius 1 is 1.40 bits per heavy atom. The summed E-state index contributed by atoms with van der Waals surface area (Å²) in [6.07, 6.45) is -1.53. The molecule has 6 atom stereocenters. The van der Waals surface area contributed by atoms with Gasteiger partial charge in [-0.3, -0.25) is 0 Å². The van der Waals surface area contributed by atoms with Crippen LogP contribution in [0, 0.1) is 0 Å². The highest BCUT2D eigenvalue weighted by Crippen LogP contribution is 2.25. The van der Waals surface area contributed by atoms with Crippen LogP contribution in [-0.2, 0) is 19.0 Å². The van der Waals surface area contributed by atoms with Gasteiger partial charge in [-0.05, 0) is 27.2 Å². The van der Waals surface area contributed by atoms with Gasteiger partial charge in [0.25, 0.3) is 0 Å². The highest BCUT2D eigenvalue weighted by atomic mass is 16.7. The van der Waals surface area contributed by atoms with Gasteiger partial charge in [0.2, 0.25) is 0 Å². The van der Waals surface area contributed by atoms with Crippen molar-refractivity contribution in [2.75, 3.05) is 0 Å². The number of rotatable bonds is 5. The van der Waals surface area contributed by atoms with Gasteiger partial charge in [0.1, 0.15) is 12.2 Å². The molecule has 1 saturated heterocycles. The predicted molar refractivity (Wildman–Crippen MR) is 71.9 cm³/mol. The quantitative estimate of drug-likeness (QED) is 0.574. The molecule has 1 aliphatic heterocycles. The van der Waals surface area contributed by atoms with E-state index in [1.807, 2.05) is 13.8 Å². The van der Waals surface area contributed by atoms with E-state index < -0.39 is 36.7 Å². The molecule has 0 amide bonds. The number of allylic oxidation sites excluding steroid dienone is 1. The maximum Gasteiger partial charge on any atom is 0.330 e. The van der Waals surface area contributed by atoms with Crippen molar-refractivity contribution in [1.82, 2.24) is 0 Å². The van der Waals surface area contributed by atoms with Crippen LogP contribution in [0.15, 0.2) is 12.2 Å². The molecule has 0 aromatic heterocycles. The first-order chi connectivity index (χ1) is 9.40. The molecular formula is C14H24O6. The topological polar surface area (TPSA) is 85.2 Å². The zero-order chi connectivity index (χ0) is 15.3. The largest absolute Gasteiger partial charge is 0.451 e. The third-order valence-electron chi connectivity index (χ3n) is 3.28. The third-order valence-corrected chi connectivity index (χ3v) is 3.28. The van der Waals surface area contributed by atoms with Crippen LogP contribution < -0.4 is 0 Å². The van der Waals surface area contributed by atoms with Crippen LogP contribution in [-0.4, -0.2) is 53.0 Å².